The van der Waals surface area contributed by atoms with E-state index < -0.39 is 22.5 Å². The van der Waals surface area contributed by atoms with Gasteiger partial charge >= 0.3 is 0 Å². The van der Waals surface area contributed by atoms with Crippen LogP contribution in [0.5, 0.6) is 0 Å². The van der Waals surface area contributed by atoms with E-state index in [0.717, 1.165) is 18.4 Å². The van der Waals surface area contributed by atoms with E-state index in [4.69, 9.17) is 4.74 Å². The molecule has 2 aromatic carbocycles. The van der Waals surface area contributed by atoms with E-state index in [1.807, 2.05) is 30.3 Å². The van der Waals surface area contributed by atoms with E-state index in [1.165, 1.54) is 17.0 Å². The molecule has 9 heteroatoms. The molecule has 0 radical (unpaired) electrons. The van der Waals surface area contributed by atoms with Gasteiger partial charge in [-0.2, -0.15) is 0 Å². The van der Waals surface area contributed by atoms with Crippen molar-refractivity contribution in [2.45, 2.75) is 30.4 Å². The lowest BCUT2D eigenvalue weighted by atomic mass is 10.2. The first-order chi connectivity index (χ1) is 14.9. The minimum absolute atomic E-state index is 0.0000862. The fourth-order valence-electron chi connectivity index (χ4n) is 3.25. The van der Waals surface area contributed by atoms with Gasteiger partial charge in [-0.1, -0.05) is 48.5 Å². The lowest BCUT2D eigenvalue weighted by Crippen LogP contribution is -2.45. The molecule has 0 spiro atoms. The van der Waals surface area contributed by atoms with Crippen molar-refractivity contribution < 1.29 is 22.7 Å². The third-order valence-electron chi connectivity index (χ3n) is 4.92. The van der Waals surface area contributed by atoms with Crippen LogP contribution in [-0.2, 0) is 30.9 Å². The summed E-state index contributed by atoms with van der Waals surface area (Å²) in [6.45, 7) is 0.671. The van der Waals surface area contributed by atoms with Crippen LogP contribution in [0.1, 0.15) is 18.4 Å². The Kier molecular flexibility index (Phi) is 8.16. The number of rotatable bonds is 10. The Labute approximate surface area is 182 Å². The minimum atomic E-state index is -3.83. The van der Waals surface area contributed by atoms with Gasteiger partial charge in [0.15, 0.2) is 0 Å². The topological polar surface area (TPSA) is 105 Å². The van der Waals surface area contributed by atoms with Crippen molar-refractivity contribution >= 4 is 21.8 Å². The summed E-state index contributed by atoms with van der Waals surface area (Å²) in [5.74, 6) is -0.804. The van der Waals surface area contributed by atoms with Crippen molar-refractivity contribution in [3.8, 4) is 0 Å². The molecule has 1 atom stereocenters. The number of carbonyl (C=O) groups excluding carboxylic acids is 2. The summed E-state index contributed by atoms with van der Waals surface area (Å²) >= 11 is 0. The number of sulfonamides is 1. The maximum absolute atomic E-state index is 12.8. The molecule has 1 heterocycles. The second-order valence-corrected chi connectivity index (χ2v) is 9.08. The Morgan fingerprint density at radius 3 is 2.35 bits per heavy atom. The predicted octanol–water partition coefficient (Wildman–Crippen LogP) is 1.29. The van der Waals surface area contributed by atoms with Crippen molar-refractivity contribution in [2.24, 2.45) is 0 Å². The quantitative estimate of drug-likeness (QED) is 0.573. The van der Waals surface area contributed by atoms with Crippen LogP contribution in [0.15, 0.2) is 65.6 Å². The molecule has 2 N–H and O–H groups in total. The normalized spacial score (nSPS) is 16.1. The summed E-state index contributed by atoms with van der Waals surface area (Å²) in [5, 5.41) is 2.80. The van der Waals surface area contributed by atoms with Gasteiger partial charge in [0.05, 0.1) is 24.1 Å². The molecule has 0 bridgehead atoms. The molecule has 1 aliphatic heterocycles. The van der Waals surface area contributed by atoms with E-state index in [9.17, 15) is 18.0 Å². The molecule has 1 aliphatic rings. The SMILES string of the molecule is O=C(CN(Cc1ccccc1)C(=O)CNS(=O)(=O)c1ccccc1)NC[C@H]1CCCO1. The van der Waals surface area contributed by atoms with Crippen molar-refractivity contribution in [1.29, 1.82) is 0 Å². The maximum Gasteiger partial charge on any atom is 0.241 e. The van der Waals surface area contributed by atoms with Crippen molar-refractivity contribution in [3.63, 3.8) is 0 Å². The number of ether oxygens (including phenoxy) is 1. The summed E-state index contributed by atoms with van der Waals surface area (Å²) in [5.41, 5.74) is 0.841. The molecule has 0 aliphatic carbocycles. The summed E-state index contributed by atoms with van der Waals surface area (Å²) in [4.78, 5) is 26.7. The number of carbonyl (C=O) groups is 2. The molecule has 1 saturated heterocycles. The molecule has 0 saturated carbocycles. The van der Waals surface area contributed by atoms with Crippen LogP contribution in [0.25, 0.3) is 0 Å². The van der Waals surface area contributed by atoms with Crippen LogP contribution in [-0.4, -0.2) is 57.5 Å². The van der Waals surface area contributed by atoms with E-state index >= 15 is 0 Å². The molecular formula is C22H27N3O5S. The zero-order valence-electron chi connectivity index (χ0n) is 17.2. The summed E-state index contributed by atoms with van der Waals surface area (Å²) in [7, 11) is -3.83. The first-order valence-electron chi connectivity index (χ1n) is 10.2. The highest BCUT2D eigenvalue weighted by Crippen LogP contribution is 2.11. The molecule has 0 aromatic heterocycles. The highest BCUT2D eigenvalue weighted by molar-refractivity contribution is 7.89. The van der Waals surface area contributed by atoms with Gasteiger partial charge in [-0.05, 0) is 30.5 Å². The molecule has 2 amide bonds. The van der Waals surface area contributed by atoms with E-state index in [-0.39, 0.29) is 30.0 Å². The zero-order valence-corrected chi connectivity index (χ0v) is 18.0. The summed E-state index contributed by atoms with van der Waals surface area (Å²) in [6.07, 6.45) is 1.87. The Hall–Kier alpha value is -2.75. The third-order valence-corrected chi connectivity index (χ3v) is 6.34. The highest BCUT2D eigenvalue weighted by Gasteiger charge is 2.22. The lowest BCUT2D eigenvalue weighted by molar-refractivity contribution is -0.135. The van der Waals surface area contributed by atoms with Crippen LogP contribution in [0.3, 0.4) is 0 Å². The van der Waals surface area contributed by atoms with Gasteiger partial charge in [-0.3, -0.25) is 9.59 Å². The van der Waals surface area contributed by atoms with Crippen molar-refractivity contribution in [3.05, 3.63) is 66.2 Å². The lowest BCUT2D eigenvalue weighted by Gasteiger charge is -2.23. The number of benzene rings is 2. The van der Waals surface area contributed by atoms with Crippen LogP contribution in [0.4, 0.5) is 0 Å². The van der Waals surface area contributed by atoms with E-state index in [1.54, 1.807) is 18.2 Å². The van der Waals surface area contributed by atoms with Gasteiger partial charge in [0, 0.05) is 19.7 Å². The highest BCUT2D eigenvalue weighted by atomic mass is 32.2. The number of nitrogens with one attached hydrogen (secondary N) is 2. The first kappa shape index (κ1) is 22.9. The van der Waals surface area contributed by atoms with Crippen molar-refractivity contribution in [2.75, 3.05) is 26.2 Å². The van der Waals surface area contributed by atoms with Gasteiger partial charge < -0.3 is 15.0 Å². The number of nitrogens with zero attached hydrogens (tertiary/aromatic N) is 1. The Morgan fingerprint density at radius 2 is 1.71 bits per heavy atom. The Morgan fingerprint density at radius 1 is 1.03 bits per heavy atom. The van der Waals surface area contributed by atoms with Crippen molar-refractivity contribution in [1.82, 2.24) is 14.9 Å². The molecule has 1 fully saturated rings. The number of hydrogen-bond acceptors (Lipinski definition) is 5. The average molecular weight is 446 g/mol. The van der Waals surface area contributed by atoms with Crippen LogP contribution < -0.4 is 10.0 Å². The molecule has 3 rings (SSSR count). The second kappa shape index (κ2) is 11.0. The predicted molar refractivity (Wildman–Crippen MR) is 115 cm³/mol. The Balaban J connectivity index is 1.61. The molecule has 8 nitrogen and oxygen atoms in total. The molecular weight excluding hydrogens is 418 g/mol. The standard InChI is InChI=1S/C22H27N3O5S/c26-21(23-14-19-10-7-13-30-19)17-25(16-18-8-3-1-4-9-18)22(27)15-24-31(28,29)20-11-5-2-6-12-20/h1-6,8-9,11-12,19,24H,7,10,13-17H2,(H,23,26)/t19-/m1/s1. The number of hydrogen-bond donors (Lipinski definition) is 2. The fraction of sp³-hybridized carbons (Fsp3) is 0.364. The van der Waals surface area contributed by atoms with E-state index in [2.05, 4.69) is 10.0 Å². The zero-order chi connectivity index (χ0) is 22.1. The Bertz CT molecular complexity index is 961. The van der Waals surface area contributed by atoms with Crippen LogP contribution >= 0.6 is 0 Å². The second-order valence-electron chi connectivity index (χ2n) is 7.31. The fourth-order valence-corrected chi connectivity index (χ4v) is 4.25. The smallest absolute Gasteiger partial charge is 0.241 e. The van der Waals surface area contributed by atoms with Gasteiger partial charge in [-0.25, -0.2) is 13.1 Å². The molecule has 31 heavy (non-hydrogen) atoms. The third kappa shape index (κ3) is 7.16. The first-order valence-corrected chi connectivity index (χ1v) is 11.7. The average Bonchev–Trinajstić information content (AvgIpc) is 3.31. The summed E-state index contributed by atoms with van der Waals surface area (Å²) < 4.78 is 32.6. The molecule has 166 valence electrons. The van der Waals surface area contributed by atoms with Gasteiger partial charge in [-0.15, -0.1) is 0 Å². The number of amides is 2. The monoisotopic (exact) mass is 445 g/mol. The van der Waals surface area contributed by atoms with E-state index in [0.29, 0.717) is 13.2 Å². The van der Waals surface area contributed by atoms with Crippen LogP contribution in [0, 0.1) is 0 Å². The molecule has 2 aromatic rings. The van der Waals surface area contributed by atoms with Crippen LogP contribution in [0.2, 0.25) is 0 Å². The largest absolute Gasteiger partial charge is 0.376 e. The van der Waals surface area contributed by atoms with Gasteiger partial charge in [0.1, 0.15) is 0 Å². The van der Waals surface area contributed by atoms with Gasteiger partial charge in [0.2, 0.25) is 21.8 Å². The maximum atomic E-state index is 12.8. The summed E-state index contributed by atoms with van der Waals surface area (Å²) in [6, 6.07) is 17.1. The van der Waals surface area contributed by atoms with Gasteiger partial charge in [0.25, 0.3) is 0 Å². The minimum Gasteiger partial charge on any atom is -0.376 e. The molecule has 0 unspecified atom stereocenters.